The average Bonchev–Trinajstić information content (AvgIpc) is 2.52. The fourth-order valence-corrected chi connectivity index (χ4v) is 1.50. The van der Waals surface area contributed by atoms with Crippen LogP contribution in [0.25, 0.3) is 0 Å². The van der Waals surface area contributed by atoms with Gasteiger partial charge in [-0.3, -0.25) is 0 Å². The molecule has 9 heteroatoms. The van der Waals surface area contributed by atoms with Crippen molar-refractivity contribution in [2.75, 3.05) is 6.61 Å². The molecule has 1 aromatic rings. The van der Waals surface area contributed by atoms with Gasteiger partial charge in [0.1, 0.15) is 12.6 Å². The van der Waals surface area contributed by atoms with E-state index >= 15 is 0 Å². The highest BCUT2D eigenvalue weighted by Gasteiger charge is 2.22. The molecule has 0 aliphatic carbocycles. The van der Waals surface area contributed by atoms with Gasteiger partial charge in [-0.15, -0.1) is 0 Å². The first-order chi connectivity index (χ1) is 10.9. The van der Waals surface area contributed by atoms with E-state index in [9.17, 15) is 19.2 Å². The number of carbonyl (C=O) groups is 4. The van der Waals surface area contributed by atoms with Crippen LogP contribution in [0, 0.1) is 0 Å². The Hall–Kier alpha value is -3.10. The Morgan fingerprint density at radius 1 is 1.04 bits per heavy atom. The molecule has 0 fully saturated rings. The number of alkyl carbamates (subject to hydrolysis) is 1. The second-order valence-electron chi connectivity index (χ2n) is 4.33. The van der Waals surface area contributed by atoms with Crippen LogP contribution in [0.1, 0.15) is 12.0 Å². The summed E-state index contributed by atoms with van der Waals surface area (Å²) < 4.78 is 9.16. The summed E-state index contributed by atoms with van der Waals surface area (Å²) in [6.07, 6.45) is -1.25. The summed E-state index contributed by atoms with van der Waals surface area (Å²) in [6, 6.07) is 7.39. The highest BCUT2D eigenvalue weighted by molar-refractivity contribution is 6.28. The number of rotatable bonds is 7. The average molecular weight is 325 g/mol. The van der Waals surface area contributed by atoms with Crippen LogP contribution in [-0.4, -0.2) is 46.9 Å². The molecule has 3 N–H and O–H groups in total. The third-order valence-electron chi connectivity index (χ3n) is 2.62. The topological polar surface area (TPSA) is 139 Å². The van der Waals surface area contributed by atoms with Crippen molar-refractivity contribution in [3.63, 3.8) is 0 Å². The van der Waals surface area contributed by atoms with Gasteiger partial charge in [0.05, 0.1) is 6.61 Å². The summed E-state index contributed by atoms with van der Waals surface area (Å²) in [5.41, 5.74) is 0.727. The highest BCUT2D eigenvalue weighted by atomic mass is 16.6. The third kappa shape index (κ3) is 6.93. The zero-order chi connectivity index (χ0) is 17.2. The second-order valence-corrected chi connectivity index (χ2v) is 4.33. The lowest BCUT2D eigenvalue weighted by Crippen LogP contribution is -2.42. The van der Waals surface area contributed by atoms with Crippen molar-refractivity contribution in [2.45, 2.75) is 19.1 Å². The minimum absolute atomic E-state index is 0.0347. The normalized spacial score (nSPS) is 11.1. The Balaban J connectivity index is 2.39. The van der Waals surface area contributed by atoms with Crippen molar-refractivity contribution in [1.82, 2.24) is 5.32 Å². The maximum absolute atomic E-state index is 11.5. The molecule has 0 saturated carbocycles. The van der Waals surface area contributed by atoms with E-state index in [1.54, 1.807) is 30.3 Å². The number of amides is 1. The fraction of sp³-hybridized carbons (Fsp3) is 0.286. The molecule has 0 aliphatic heterocycles. The fourth-order valence-electron chi connectivity index (χ4n) is 1.50. The van der Waals surface area contributed by atoms with E-state index in [2.05, 4.69) is 10.1 Å². The van der Waals surface area contributed by atoms with Crippen molar-refractivity contribution < 1.29 is 38.9 Å². The molecule has 0 bridgehead atoms. The number of hydrogen-bond acceptors (Lipinski definition) is 6. The predicted octanol–water partition coefficient (Wildman–Crippen LogP) is 0.384. The Labute approximate surface area is 130 Å². The molecular formula is C14H15NO8. The van der Waals surface area contributed by atoms with Gasteiger partial charge in [-0.2, -0.15) is 0 Å². The maximum Gasteiger partial charge on any atom is 0.417 e. The standard InChI is InChI=1S/C14H15NO8/c16-11(17)10(6-7-22-13(20)12(18)19)15-14(21)23-8-9-4-2-1-3-5-9/h1-5,10H,6-8H2,(H,15,21)(H,16,17)(H,18,19)/t10-/m0/s1. The molecule has 1 rings (SSSR count). The SMILES string of the molecule is O=C(N[C@@H](CCOC(=O)C(=O)O)C(=O)O)OCc1ccccc1. The van der Waals surface area contributed by atoms with Crippen molar-refractivity contribution in [1.29, 1.82) is 0 Å². The van der Waals surface area contributed by atoms with E-state index in [0.29, 0.717) is 0 Å². The molecule has 0 heterocycles. The number of aliphatic carboxylic acids is 2. The number of carbonyl (C=O) groups excluding carboxylic acids is 2. The van der Waals surface area contributed by atoms with E-state index in [0.717, 1.165) is 5.56 Å². The number of carboxylic acids is 2. The molecule has 0 spiro atoms. The predicted molar refractivity (Wildman–Crippen MR) is 74.4 cm³/mol. The highest BCUT2D eigenvalue weighted by Crippen LogP contribution is 2.02. The first-order valence-corrected chi connectivity index (χ1v) is 6.50. The van der Waals surface area contributed by atoms with E-state index in [4.69, 9.17) is 14.9 Å². The van der Waals surface area contributed by atoms with Crippen molar-refractivity contribution in [3.05, 3.63) is 35.9 Å². The largest absolute Gasteiger partial charge is 0.480 e. The van der Waals surface area contributed by atoms with Gasteiger partial charge in [-0.1, -0.05) is 30.3 Å². The lowest BCUT2D eigenvalue weighted by molar-refractivity contribution is -0.164. The van der Waals surface area contributed by atoms with Crippen molar-refractivity contribution in [2.24, 2.45) is 0 Å². The molecule has 0 radical (unpaired) electrons. The first-order valence-electron chi connectivity index (χ1n) is 6.50. The van der Waals surface area contributed by atoms with E-state index in [1.807, 2.05) is 0 Å². The van der Waals surface area contributed by atoms with Gasteiger partial charge in [-0.05, 0) is 5.56 Å². The van der Waals surface area contributed by atoms with Crippen LogP contribution in [-0.2, 0) is 30.5 Å². The van der Waals surface area contributed by atoms with Gasteiger partial charge in [-0.25, -0.2) is 19.2 Å². The van der Waals surface area contributed by atoms with Crippen LogP contribution < -0.4 is 5.32 Å². The lowest BCUT2D eigenvalue weighted by atomic mass is 10.2. The Morgan fingerprint density at radius 2 is 1.70 bits per heavy atom. The molecule has 0 unspecified atom stereocenters. The zero-order valence-electron chi connectivity index (χ0n) is 11.9. The summed E-state index contributed by atoms with van der Waals surface area (Å²) in [6.45, 7) is -0.506. The van der Waals surface area contributed by atoms with Gasteiger partial charge in [0.2, 0.25) is 0 Å². The summed E-state index contributed by atoms with van der Waals surface area (Å²) in [5, 5.41) is 19.3. The third-order valence-corrected chi connectivity index (χ3v) is 2.62. The van der Waals surface area contributed by atoms with Crippen LogP contribution >= 0.6 is 0 Å². The number of esters is 1. The van der Waals surface area contributed by atoms with Gasteiger partial charge >= 0.3 is 24.0 Å². The van der Waals surface area contributed by atoms with Crippen LogP contribution in [0.2, 0.25) is 0 Å². The van der Waals surface area contributed by atoms with Crippen molar-refractivity contribution in [3.8, 4) is 0 Å². The monoisotopic (exact) mass is 325 g/mol. The molecule has 0 saturated heterocycles. The summed E-state index contributed by atoms with van der Waals surface area (Å²) in [7, 11) is 0. The van der Waals surface area contributed by atoms with Crippen LogP contribution in [0.3, 0.4) is 0 Å². The molecule has 1 aromatic carbocycles. The van der Waals surface area contributed by atoms with E-state index in [-0.39, 0.29) is 13.0 Å². The lowest BCUT2D eigenvalue weighted by Gasteiger charge is -2.14. The van der Waals surface area contributed by atoms with Gasteiger partial charge in [0, 0.05) is 6.42 Å². The first kappa shape index (κ1) is 18.0. The smallest absolute Gasteiger partial charge is 0.417 e. The molecule has 0 aliphatic rings. The number of hydrogen-bond donors (Lipinski definition) is 3. The molecule has 1 amide bonds. The summed E-state index contributed by atoms with van der Waals surface area (Å²) in [5.74, 6) is -4.65. The molecular weight excluding hydrogens is 310 g/mol. The van der Waals surface area contributed by atoms with E-state index < -0.39 is 36.6 Å². The summed E-state index contributed by atoms with van der Waals surface area (Å²) >= 11 is 0. The van der Waals surface area contributed by atoms with Crippen LogP contribution in [0.4, 0.5) is 4.79 Å². The Morgan fingerprint density at radius 3 is 2.26 bits per heavy atom. The van der Waals surface area contributed by atoms with Gasteiger partial charge in [0.15, 0.2) is 0 Å². The second kappa shape index (κ2) is 9.03. The Kier molecular flexibility index (Phi) is 7.05. The number of ether oxygens (including phenoxy) is 2. The van der Waals surface area contributed by atoms with E-state index in [1.165, 1.54) is 0 Å². The Bertz CT molecular complexity index is 571. The maximum atomic E-state index is 11.5. The zero-order valence-corrected chi connectivity index (χ0v) is 11.9. The molecule has 124 valence electrons. The van der Waals surface area contributed by atoms with Crippen molar-refractivity contribution >= 4 is 24.0 Å². The van der Waals surface area contributed by atoms with Gasteiger partial charge < -0.3 is 25.0 Å². The number of benzene rings is 1. The summed E-state index contributed by atoms with van der Waals surface area (Å²) in [4.78, 5) is 43.5. The minimum atomic E-state index is -1.79. The number of carboxylic acid groups (broad SMARTS) is 2. The molecule has 9 nitrogen and oxygen atoms in total. The number of nitrogens with one attached hydrogen (secondary N) is 1. The molecule has 0 aromatic heterocycles. The minimum Gasteiger partial charge on any atom is -0.480 e. The van der Waals surface area contributed by atoms with Crippen LogP contribution in [0.15, 0.2) is 30.3 Å². The quantitative estimate of drug-likeness (QED) is 0.483. The van der Waals surface area contributed by atoms with Crippen LogP contribution in [0.5, 0.6) is 0 Å². The van der Waals surface area contributed by atoms with Gasteiger partial charge in [0.25, 0.3) is 0 Å². The molecule has 1 atom stereocenters. The molecule has 23 heavy (non-hydrogen) atoms.